The Kier molecular flexibility index (Phi) is 5.20. The molecule has 4 aliphatic rings. The molecular formula is C24H34O8. The van der Waals surface area contributed by atoms with Crippen LogP contribution >= 0.6 is 0 Å². The van der Waals surface area contributed by atoms with E-state index in [1.807, 2.05) is 13.8 Å². The smallest absolute Gasteiger partial charge is 0.303 e. The lowest BCUT2D eigenvalue weighted by atomic mass is 9.38. The lowest BCUT2D eigenvalue weighted by Crippen LogP contribution is -2.76. The second kappa shape index (κ2) is 7.11. The highest BCUT2D eigenvalue weighted by molar-refractivity contribution is 6.04. The lowest BCUT2D eigenvalue weighted by molar-refractivity contribution is -0.306. The maximum Gasteiger partial charge on any atom is 0.303 e. The normalized spacial score (nSPS) is 49.1. The van der Waals surface area contributed by atoms with E-state index < -0.39 is 70.5 Å². The van der Waals surface area contributed by atoms with Crippen LogP contribution in [0, 0.1) is 34.0 Å². The number of ether oxygens (including phenoxy) is 2. The molecule has 4 saturated carbocycles. The molecule has 0 aliphatic heterocycles. The summed E-state index contributed by atoms with van der Waals surface area (Å²) in [6.07, 6.45) is -4.48. The van der Waals surface area contributed by atoms with E-state index in [1.54, 1.807) is 6.92 Å². The maximum absolute atomic E-state index is 13.7. The summed E-state index contributed by atoms with van der Waals surface area (Å²) >= 11 is 0. The predicted molar refractivity (Wildman–Crippen MR) is 112 cm³/mol. The number of rotatable bonds is 2. The molecule has 0 radical (unpaired) electrons. The van der Waals surface area contributed by atoms with Crippen LogP contribution in [0.25, 0.3) is 0 Å². The van der Waals surface area contributed by atoms with Gasteiger partial charge in [0, 0.05) is 42.9 Å². The van der Waals surface area contributed by atoms with Crippen molar-refractivity contribution < 1.29 is 39.2 Å². The van der Waals surface area contributed by atoms with Gasteiger partial charge in [-0.3, -0.25) is 14.4 Å². The summed E-state index contributed by atoms with van der Waals surface area (Å²) < 4.78 is 11.2. The molecule has 32 heavy (non-hydrogen) atoms. The molecule has 10 unspecified atom stereocenters. The molecule has 4 fully saturated rings. The van der Waals surface area contributed by atoms with E-state index in [1.165, 1.54) is 13.8 Å². The van der Waals surface area contributed by atoms with E-state index in [-0.39, 0.29) is 18.1 Å². The summed E-state index contributed by atoms with van der Waals surface area (Å²) in [5, 5.41) is 34.5. The number of fused-ring (bicyclic) bond motifs is 3. The molecule has 3 N–H and O–H groups in total. The van der Waals surface area contributed by atoms with Crippen LogP contribution in [-0.2, 0) is 23.9 Å². The molecule has 8 heteroatoms. The molecule has 0 aromatic heterocycles. The van der Waals surface area contributed by atoms with E-state index in [4.69, 9.17) is 9.47 Å². The first-order chi connectivity index (χ1) is 14.7. The number of allylic oxidation sites excluding steroid dienone is 1. The fourth-order valence-corrected chi connectivity index (χ4v) is 8.18. The zero-order valence-corrected chi connectivity index (χ0v) is 19.3. The summed E-state index contributed by atoms with van der Waals surface area (Å²) in [4.78, 5) is 37.5. The molecule has 4 aliphatic carbocycles. The molecule has 0 aromatic carbocycles. The van der Waals surface area contributed by atoms with Gasteiger partial charge < -0.3 is 24.8 Å². The Morgan fingerprint density at radius 2 is 1.59 bits per heavy atom. The van der Waals surface area contributed by atoms with Crippen LogP contribution in [0.5, 0.6) is 0 Å². The van der Waals surface area contributed by atoms with Crippen LogP contribution in [0.3, 0.4) is 0 Å². The van der Waals surface area contributed by atoms with Crippen molar-refractivity contribution in [1.82, 2.24) is 0 Å². The van der Waals surface area contributed by atoms with E-state index >= 15 is 0 Å². The molecule has 178 valence electrons. The van der Waals surface area contributed by atoms with Crippen molar-refractivity contribution >= 4 is 17.7 Å². The Labute approximate surface area is 188 Å². The minimum Gasteiger partial charge on any atom is -0.462 e. The van der Waals surface area contributed by atoms with Gasteiger partial charge in [-0.25, -0.2) is 0 Å². The molecule has 0 saturated heterocycles. The van der Waals surface area contributed by atoms with Crippen molar-refractivity contribution in [1.29, 1.82) is 0 Å². The largest absolute Gasteiger partial charge is 0.462 e. The molecule has 1 spiro atoms. The number of esters is 2. The summed E-state index contributed by atoms with van der Waals surface area (Å²) in [6.45, 7) is 11.9. The van der Waals surface area contributed by atoms with Gasteiger partial charge in [0.2, 0.25) is 0 Å². The maximum atomic E-state index is 13.7. The number of hydrogen-bond acceptors (Lipinski definition) is 8. The average molecular weight is 451 g/mol. The standard InChI is InChI=1S/C24H34O8/c1-10-13-7-14(27)18-23(6)15(28)8-16(31-11(2)25)22(4,5)19(23)17(29)21(32-12(3)26)24(18,9-13)20(10)30/h13-19,21,27-29H,1,7-9H2,2-6H3. The van der Waals surface area contributed by atoms with Crippen LogP contribution in [0.4, 0.5) is 0 Å². The highest BCUT2D eigenvalue weighted by Gasteiger charge is 2.78. The van der Waals surface area contributed by atoms with Gasteiger partial charge in [0.25, 0.3) is 0 Å². The summed E-state index contributed by atoms with van der Waals surface area (Å²) in [7, 11) is 0. The fraction of sp³-hybridized carbons (Fsp3) is 0.792. The second-order valence-electron chi connectivity index (χ2n) is 11.1. The van der Waals surface area contributed by atoms with Crippen molar-refractivity contribution in [3.8, 4) is 0 Å². The van der Waals surface area contributed by atoms with Gasteiger partial charge in [0.15, 0.2) is 5.78 Å². The molecule has 0 amide bonds. The quantitative estimate of drug-likeness (QED) is 0.422. The Bertz CT molecular complexity index is 879. The predicted octanol–water partition coefficient (Wildman–Crippen LogP) is 1.15. The van der Waals surface area contributed by atoms with Gasteiger partial charge in [-0.05, 0) is 24.3 Å². The SMILES string of the molecule is C=C1C(=O)C23CC1CC(O)C2C1(C)C(O)CC(OC(C)=O)C(C)(C)C1C(O)C3OC(C)=O. The summed E-state index contributed by atoms with van der Waals surface area (Å²) in [5.41, 5.74) is -2.92. The van der Waals surface area contributed by atoms with E-state index in [2.05, 4.69) is 6.58 Å². The number of ketones is 1. The zero-order valence-electron chi connectivity index (χ0n) is 19.3. The van der Waals surface area contributed by atoms with Crippen molar-refractivity contribution in [2.24, 2.45) is 34.0 Å². The molecule has 8 nitrogen and oxygen atoms in total. The Hall–Kier alpha value is -1.77. The van der Waals surface area contributed by atoms with Crippen LogP contribution in [-0.4, -0.2) is 63.6 Å². The number of carbonyl (C=O) groups excluding carboxylic acids is 3. The van der Waals surface area contributed by atoms with Gasteiger partial charge in [0.1, 0.15) is 12.2 Å². The third kappa shape index (κ3) is 2.75. The number of hydrogen-bond donors (Lipinski definition) is 3. The molecule has 0 aromatic rings. The van der Waals surface area contributed by atoms with Crippen molar-refractivity contribution in [3.63, 3.8) is 0 Å². The minimum atomic E-state index is -1.36. The van der Waals surface area contributed by atoms with Crippen LogP contribution in [0.15, 0.2) is 12.2 Å². The molecule has 4 rings (SSSR count). The third-order valence-corrected chi connectivity index (χ3v) is 9.14. The fourth-order valence-electron chi connectivity index (χ4n) is 8.18. The van der Waals surface area contributed by atoms with E-state index in [0.29, 0.717) is 18.4 Å². The van der Waals surface area contributed by atoms with Gasteiger partial charge in [-0.2, -0.15) is 0 Å². The summed E-state index contributed by atoms with van der Waals surface area (Å²) in [6, 6.07) is 0. The zero-order chi connectivity index (χ0) is 24.0. The number of carbonyl (C=O) groups is 3. The first kappa shape index (κ1) is 23.4. The van der Waals surface area contributed by atoms with Crippen molar-refractivity contribution in [3.05, 3.63) is 12.2 Å². The van der Waals surface area contributed by atoms with Crippen LogP contribution in [0.1, 0.15) is 53.9 Å². The monoisotopic (exact) mass is 450 g/mol. The lowest BCUT2D eigenvalue weighted by Gasteiger charge is -2.68. The Morgan fingerprint density at radius 1 is 1.00 bits per heavy atom. The van der Waals surface area contributed by atoms with E-state index in [9.17, 15) is 29.7 Å². The van der Waals surface area contributed by atoms with Gasteiger partial charge in [0.05, 0.1) is 23.7 Å². The topological polar surface area (TPSA) is 130 Å². The number of aliphatic hydroxyl groups is 3. The Morgan fingerprint density at radius 3 is 2.16 bits per heavy atom. The molecule has 2 bridgehead atoms. The van der Waals surface area contributed by atoms with E-state index in [0.717, 1.165) is 0 Å². The second-order valence-corrected chi connectivity index (χ2v) is 11.1. The van der Waals surface area contributed by atoms with Crippen LogP contribution < -0.4 is 0 Å². The third-order valence-electron chi connectivity index (χ3n) is 9.14. The molecule has 10 atom stereocenters. The van der Waals surface area contributed by atoms with Gasteiger partial charge in [-0.15, -0.1) is 0 Å². The summed E-state index contributed by atoms with van der Waals surface area (Å²) in [5.74, 6) is -3.19. The molecule has 0 heterocycles. The number of aliphatic hydroxyl groups excluding tert-OH is 3. The highest BCUT2D eigenvalue weighted by Crippen LogP contribution is 2.71. The van der Waals surface area contributed by atoms with Crippen molar-refractivity contribution in [2.75, 3.05) is 0 Å². The van der Waals surface area contributed by atoms with Gasteiger partial charge in [-0.1, -0.05) is 27.4 Å². The number of Topliss-reactive ketones (excluding diaryl/α,β-unsaturated/α-hetero) is 1. The van der Waals surface area contributed by atoms with Crippen molar-refractivity contribution in [2.45, 2.75) is 84.4 Å². The first-order valence-electron chi connectivity index (χ1n) is 11.3. The Balaban J connectivity index is 1.94. The average Bonchev–Trinajstić information content (AvgIpc) is 2.84. The van der Waals surface area contributed by atoms with Crippen LogP contribution in [0.2, 0.25) is 0 Å². The first-order valence-corrected chi connectivity index (χ1v) is 11.3. The molecular weight excluding hydrogens is 416 g/mol. The highest BCUT2D eigenvalue weighted by atomic mass is 16.6. The minimum absolute atomic E-state index is 0.113. The van der Waals surface area contributed by atoms with Gasteiger partial charge >= 0.3 is 11.9 Å².